The Labute approximate surface area is 119 Å². The lowest BCUT2D eigenvalue weighted by Crippen LogP contribution is -2.37. The molecule has 0 bridgehead atoms. The molecule has 1 amide bonds. The molecular formula is C12H14N6O3. The van der Waals surface area contributed by atoms with E-state index in [1.807, 2.05) is 6.92 Å². The van der Waals surface area contributed by atoms with Crippen LogP contribution in [0.15, 0.2) is 30.6 Å². The minimum absolute atomic E-state index is 0.00729. The van der Waals surface area contributed by atoms with Crippen LogP contribution in [-0.2, 0) is 4.79 Å². The van der Waals surface area contributed by atoms with Crippen LogP contribution in [0.3, 0.4) is 0 Å². The van der Waals surface area contributed by atoms with Crippen molar-refractivity contribution in [2.24, 2.45) is 5.84 Å². The van der Waals surface area contributed by atoms with Crippen LogP contribution in [0.1, 0.15) is 19.4 Å². The molecule has 1 heterocycles. The molecule has 2 aromatic rings. The number of hydrogen-bond donors (Lipinski definition) is 2. The van der Waals surface area contributed by atoms with Gasteiger partial charge in [-0.2, -0.15) is 5.10 Å². The molecule has 1 aromatic carbocycles. The van der Waals surface area contributed by atoms with Crippen LogP contribution in [-0.4, -0.2) is 25.6 Å². The third-order valence-electron chi connectivity index (χ3n) is 3.00. The van der Waals surface area contributed by atoms with E-state index >= 15 is 0 Å². The molecule has 2 rings (SSSR count). The molecule has 0 radical (unpaired) electrons. The van der Waals surface area contributed by atoms with Gasteiger partial charge in [0.1, 0.15) is 12.4 Å². The zero-order valence-electron chi connectivity index (χ0n) is 11.3. The molecule has 110 valence electrons. The average molecular weight is 290 g/mol. The van der Waals surface area contributed by atoms with Crippen molar-refractivity contribution >= 4 is 11.6 Å². The summed E-state index contributed by atoms with van der Waals surface area (Å²) in [4.78, 5) is 25.8. The first kappa shape index (κ1) is 14.6. The first-order valence-electron chi connectivity index (χ1n) is 6.23. The van der Waals surface area contributed by atoms with E-state index in [0.717, 1.165) is 0 Å². The fraction of sp³-hybridized carbons (Fsp3) is 0.250. The average Bonchev–Trinajstić information content (AvgIpc) is 2.97. The summed E-state index contributed by atoms with van der Waals surface area (Å²) in [6.45, 7) is 1.83. The highest BCUT2D eigenvalue weighted by atomic mass is 16.6. The van der Waals surface area contributed by atoms with Crippen LogP contribution in [0.2, 0.25) is 0 Å². The molecule has 21 heavy (non-hydrogen) atoms. The van der Waals surface area contributed by atoms with Crippen LogP contribution in [0.5, 0.6) is 0 Å². The van der Waals surface area contributed by atoms with E-state index in [1.165, 1.54) is 23.1 Å². The minimum Gasteiger partial charge on any atom is -0.292 e. The van der Waals surface area contributed by atoms with Gasteiger partial charge in [-0.3, -0.25) is 20.3 Å². The van der Waals surface area contributed by atoms with Gasteiger partial charge in [0.2, 0.25) is 0 Å². The molecule has 0 aliphatic rings. The Morgan fingerprint density at radius 1 is 1.48 bits per heavy atom. The first-order chi connectivity index (χ1) is 10.1. The Hall–Kier alpha value is -2.81. The standard InChI is InChI=1S/C12H14N6O3/c1-2-10(12(19)15-13)17-7-14-11(16-17)8-3-5-9(6-4-8)18(20)21/h3-7,10H,2,13H2,1H3,(H,15,19). The van der Waals surface area contributed by atoms with Gasteiger partial charge in [-0.1, -0.05) is 6.92 Å². The van der Waals surface area contributed by atoms with Crippen molar-refractivity contribution in [3.63, 3.8) is 0 Å². The van der Waals surface area contributed by atoms with Crippen molar-refractivity contribution < 1.29 is 9.72 Å². The quantitative estimate of drug-likeness (QED) is 0.362. The van der Waals surface area contributed by atoms with Gasteiger partial charge in [0.05, 0.1) is 4.92 Å². The van der Waals surface area contributed by atoms with Crippen LogP contribution < -0.4 is 11.3 Å². The Morgan fingerprint density at radius 3 is 2.67 bits per heavy atom. The summed E-state index contributed by atoms with van der Waals surface area (Å²) < 4.78 is 1.42. The van der Waals surface area contributed by atoms with Crippen molar-refractivity contribution in [2.45, 2.75) is 19.4 Å². The normalized spacial score (nSPS) is 11.9. The van der Waals surface area contributed by atoms with Gasteiger partial charge in [-0.15, -0.1) is 0 Å². The van der Waals surface area contributed by atoms with E-state index < -0.39 is 11.0 Å². The predicted octanol–water partition coefficient (Wildman–Crippen LogP) is 0.794. The largest absolute Gasteiger partial charge is 0.292 e. The third-order valence-corrected chi connectivity index (χ3v) is 3.00. The number of benzene rings is 1. The van der Waals surface area contributed by atoms with Gasteiger partial charge in [-0.25, -0.2) is 15.5 Å². The van der Waals surface area contributed by atoms with Crippen LogP contribution in [0.25, 0.3) is 11.4 Å². The Bertz CT molecular complexity index is 651. The summed E-state index contributed by atoms with van der Waals surface area (Å²) >= 11 is 0. The fourth-order valence-corrected chi connectivity index (χ4v) is 1.88. The maximum absolute atomic E-state index is 11.6. The smallest absolute Gasteiger partial charge is 0.269 e. The number of hydrazine groups is 1. The van der Waals surface area contributed by atoms with Gasteiger partial charge in [0.25, 0.3) is 11.6 Å². The number of nitrogens with two attached hydrogens (primary N) is 1. The fourth-order valence-electron chi connectivity index (χ4n) is 1.88. The van der Waals surface area contributed by atoms with E-state index in [2.05, 4.69) is 15.5 Å². The SMILES string of the molecule is CCC(C(=O)NN)n1cnc(-c2ccc([N+](=O)[O-])cc2)n1. The van der Waals surface area contributed by atoms with E-state index in [0.29, 0.717) is 17.8 Å². The summed E-state index contributed by atoms with van der Waals surface area (Å²) in [6.07, 6.45) is 1.94. The minimum atomic E-state index is -0.547. The first-order valence-corrected chi connectivity index (χ1v) is 6.23. The lowest BCUT2D eigenvalue weighted by atomic mass is 10.2. The zero-order chi connectivity index (χ0) is 15.4. The number of hydrogen-bond acceptors (Lipinski definition) is 6. The Morgan fingerprint density at radius 2 is 2.14 bits per heavy atom. The highest BCUT2D eigenvalue weighted by Gasteiger charge is 2.19. The molecule has 9 nitrogen and oxygen atoms in total. The number of nitrogens with zero attached hydrogens (tertiary/aromatic N) is 4. The number of carbonyl (C=O) groups excluding carboxylic acids is 1. The molecule has 0 aliphatic heterocycles. The van der Waals surface area contributed by atoms with Crippen molar-refractivity contribution in [1.29, 1.82) is 0 Å². The summed E-state index contributed by atoms with van der Waals surface area (Å²) in [7, 11) is 0. The van der Waals surface area contributed by atoms with E-state index in [4.69, 9.17) is 5.84 Å². The molecule has 1 unspecified atom stereocenters. The van der Waals surface area contributed by atoms with Crippen LogP contribution >= 0.6 is 0 Å². The van der Waals surface area contributed by atoms with Gasteiger partial charge in [-0.05, 0) is 18.6 Å². The molecule has 0 saturated heterocycles. The topological polar surface area (TPSA) is 129 Å². The summed E-state index contributed by atoms with van der Waals surface area (Å²) in [5.41, 5.74) is 2.70. The van der Waals surface area contributed by atoms with E-state index in [1.54, 1.807) is 12.1 Å². The van der Waals surface area contributed by atoms with Gasteiger partial charge in [0, 0.05) is 17.7 Å². The lowest BCUT2D eigenvalue weighted by molar-refractivity contribution is -0.384. The van der Waals surface area contributed by atoms with Gasteiger partial charge >= 0.3 is 0 Å². The highest BCUT2D eigenvalue weighted by molar-refractivity contribution is 5.79. The highest BCUT2D eigenvalue weighted by Crippen LogP contribution is 2.20. The number of nitrogens with one attached hydrogen (secondary N) is 1. The van der Waals surface area contributed by atoms with Crippen molar-refractivity contribution in [3.8, 4) is 11.4 Å². The van der Waals surface area contributed by atoms with Crippen LogP contribution in [0, 0.1) is 10.1 Å². The monoisotopic (exact) mass is 290 g/mol. The van der Waals surface area contributed by atoms with E-state index in [-0.39, 0.29) is 11.6 Å². The number of amides is 1. The summed E-state index contributed by atoms with van der Waals surface area (Å²) in [6, 6.07) is 5.32. The number of carbonyl (C=O) groups is 1. The molecule has 1 atom stereocenters. The molecule has 0 spiro atoms. The summed E-state index contributed by atoms with van der Waals surface area (Å²) in [5, 5.41) is 14.8. The van der Waals surface area contributed by atoms with Gasteiger partial charge < -0.3 is 0 Å². The lowest BCUT2D eigenvalue weighted by Gasteiger charge is -2.12. The number of nitro groups is 1. The number of nitro benzene ring substituents is 1. The van der Waals surface area contributed by atoms with E-state index in [9.17, 15) is 14.9 Å². The molecular weight excluding hydrogens is 276 g/mol. The second-order valence-corrected chi connectivity index (χ2v) is 4.28. The second kappa shape index (κ2) is 6.09. The number of non-ortho nitro benzene ring substituents is 1. The Balaban J connectivity index is 2.26. The zero-order valence-corrected chi connectivity index (χ0v) is 11.3. The number of aromatic nitrogens is 3. The second-order valence-electron chi connectivity index (χ2n) is 4.28. The molecule has 0 saturated carbocycles. The van der Waals surface area contributed by atoms with Crippen molar-refractivity contribution in [1.82, 2.24) is 20.2 Å². The van der Waals surface area contributed by atoms with Gasteiger partial charge in [0.15, 0.2) is 5.82 Å². The van der Waals surface area contributed by atoms with Crippen molar-refractivity contribution in [2.75, 3.05) is 0 Å². The molecule has 0 aliphatic carbocycles. The molecule has 0 fully saturated rings. The van der Waals surface area contributed by atoms with Crippen LogP contribution in [0.4, 0.5) is 5.69 Å². The maximum Gasteiger partial charge on any atom is 0.269 e. The number of rotatable bonds is 5. The van der Waals surface area contributed by atoms with Crippen molar-refractivity contribution in [3.05, 3.63) is 40.7 Å². The third kappa shape index (κ3) is 3.03. The summed E-state index contributed by atoms with van der Waals surface area (Å²) in [5.74, 6) is 5.14. The molecule has 1 aromatic heterocycles. The molecule has 9 heteroatoms. The Kier molecular flexibility index (Phi) is 4.24. The maximum atomic E-state index is 11.6. The predicted molar refractivity (Wildman–Crippen MR) is 73.8 cm³/mol. The molecule has 3 N–H and O–H groups in total.